The highest BCUT2D eigenvalue weighted by atomic mass is 15.4. The predicted molar refractivity (Wildman–Crippen MR) is 105 cm³/mol. The van der Waals surface area contributed by atoms with Gasteiger partial charge in [0.25, 0.3) is 0 Å². The number of unbranched alkanes of at least 4 members (excludes halogenated alkanes) is 1. The van der Waals surface area contributed by atoms with Crippen molar-refractivity contribution in [2.75, 3.05) is 13.1 Å². The van der Waals surface area contributed by atoms with E-state index in [9.17, 15) is 0 Å². The average Bonchev–Trinajstić information content (AvgIpc) is 3.25. The summed E-state index contributed by atoms with van der Waals surface area (Å²) < 4.78 is 2.10. The Morgan fingerprint density at radius 3 is 2.85 bits per heavy atom. The van der Waals surface area contributed by atoms with E-state index in [1.54, 1.807) is 0 Å². The zero-order valence-corrected chi connectivity index (χ0v) is 16.1. The van der Waals surface area contributed by atoms with Crippen molar-refractivity contribution >= 4 is 0 Å². The number of aryl methyl sites for hydroxylation is 1. The van der Waals surface area contributed by atoms with E-state index >= 15 is 0 Å². The first-order valence-corrected chi connectivity index (χ1v) is 10.0. The number of aromatic nitrogens is 5. The van der Waals surface area contributed by atoms with E-state index in [1.165, 1.54) is 24.1 Å². The van der Waals surface area contributed by atoms with Gasteiger partial charge >= 0.3 is 0 Å². The molecular formula is C21H28N6. The largest absolute Gasteiger partial charge is 0.345 e. The second-order valence-corrected chi connectivity index (χ2v) is 7.31. The van der Waals surface area contributed by atoms with Gasteiger partial charge in [0.2, 0.25) is 0 Å². The summed E-state index contributed by atoms with van der Waals surface area (Å²) in [6.07, 6.45) is 7.17. The summed E-state index contributed by atoms with van der Waals surface area (Å²) in [7, 11) is 0. The molecule has 1 aliphatic heterocycles. The van der Waals surface area contributed by atoms with Crippen LogP contribution in [0.4, 0.5) is 0 Å². The summed E-state index contributed by atoms with van der Waals surface area (Å²) in [6, 6.07) is 10.4. The smallest absolute Gasteiger partial charge is 0.155 e. The number of benzene rings is 1. The molecule has 0 atom stereocenters. The number of nitrogens with one attached hydrogen (secondary N) is 1. The lowest BCUT2D eigenvalue weighted by molar-refractivity contribution is 0.265. The quantitative estimate of drug-likeness (QED) is 0.700. The van der Waals surface area contributed by atoms with Gasteiger partial charge in [0.1, 0.15) is 11.6 Å². The molecule has 3 aromatic rings. The number of hydrogen-bond acceptors (Lipinski definition) is 4. The first kappa shape index (κ1) is 17.9. The van der Waals surface area contributed by atoms with Gasteiger partial charge in [0, 0.05) is 50.8 Å². The van der Waals surface area contributed by atoms with Gasteiger partial charge in [-0.3, -0.25) is 4.90 Å². The molecule has 142 valence electrons. The van der Waals surface area contributed by atoms with E-state index < -0.39 is 0 Å². The zero-order chi connectivity index (χ0) is 18.5. The summed E-state index contributed by atoms with van der Waals surface area (Å²) >= 11 is 0. The second kappa shape index (κ2) is 8.48. The maximum Gasteiger partial charge on any atom is 0.155 e. The molecule has 2 aromatic heterocycles. The van der Waals surface area contributed by atoms with Crippen LogP contribution in [0.1, 0.15) is 48.5 Å². The maximum atomic E-state index is 4.79. The van der Waals surface area contributed by atoms with Crippen LogP contribution in [0.3, 0.4) is 0 Å². The van der Waals surface area contributed by atoms with Gasteiger partial charge in [-0.05, 0) is 12.0 Å². The SMILES string of the molecule is CCCCc1ncc(CN2CCc3nc(Cc4ccccc4)nn3CC2)[nH]1. The lowest BCUT2D eigenvalue weighted by atomic mass is 10.1. The molecule has 0 aliphatic carbocycles. The molecule has 1 aromatic carbocycles. The number of H-pyrrole nitrogens is 1. The van der Waals surface area contributed by atoms with Crippen LogP contribution in [0.15, 0.2) is 36.5 Å². The molecular weight excluding hydrogens is 336 g/mol. The summed E-state index contributed by atoms with van der Waals surface area (Å²) in [6.45, 7) is 6.02. The fraction of sp³-hybridized carbons (Fsp3) is 0.476. The van der Waals surface area contributed by atoms with E-state index in [1.807, 2.05) is 12.3 Å². The molecule has 0 amide bonds. The van der Waals surface area contributed by atoms with E-state index in [4.69, 9.17) is 10.1 Å². The maximum absolute atomic E-state index is 4.79. The van der Waals surface area contributed by atoms with Crippen molar-refractivity contribution in [3.63, 3.8) is 0 Å². The van der Waals surface area contributed by atoms with Crippen molar-refractivity contribution in [2.24, 2.45) is 0 Å². The van der Waals surface area contributed by atoms with Crippen LogP contribution >= 0.6 is 0 Å². The normalized spacial score (nSPS) is 14.9. The third kappa shape index (κ3) is 4.63. The van der Waals surface area contributed by atoms with E-state index in [2.05, 4.69) is 50.7 Å². The molecule has 0 fully saturated rings. The van der Waals surface area contributed by atoms with Crippen molar-refractivity contribution in [3.8, 4) is 0 Å². The summed E-state index contributed by atoms with van der Waals surface area (Å²) in [5.41, 5.74) is 2.47. The lowest BCUT2D eigenvalue weighted by Gasteiger charge is -2.18. The van der Waals surface area contributed by atoms with Gasteiger partial charge in [-0.25, -0.2) is 14.6 Å². The third-order valence-corrected chi connectivity index (χ3v) is 5.12. The van der Waals surface area contributed by atoms with Crippen molar-refractivity contribution in [2.45, 2.75) is 52.1 Å². The van der Waals surface area contributed by atoms with Crippen LogP contribution in [0, 0.1) is 0 Å². The average molecular weight is 364 g/mol. The minimum absolute atomic E-state index is 0.805. The molecule has 6 heteroatoms. The van der Waals surface area contributed by atoms with Crippen molar-refractivity contribution < 1.29 is 0 Å². The minimum Gasteiger partial charge on any atom is -0.345 e. The number of imidazole rings is 1. The van der Waals surface area contributed by atoms with Gasteiger partial charge < -0.3 is 4.98 Å². The van der Waals surface area contributed by atoms with E-state index in [0.717, 1.165) is 62.9 Å². The minimum atomic E-state index is 0.805. The van der Waals surface area contributed by atoms with Crippen LogP contribution in [0.25, 0.3) is 0 Å². The van der Waals surface area contributed by atoms with Gasteiger partial charge in [-0.1, -0.05) is 43.7 Å². The Bertz CT molecular complexity index is 825. The molecule has 0 saturated heterocycles. The number of fused-ring (bicyclic) bond motifs is 1. The molecule has 3 heterocycles. The first-order valence-electron chi connectivity index (χ1n) is 10.0. The molecule has 6 nitrogen and oxygen atoms in total. The van der Waals surface area contributed by atoms with E-state index in [-0.39, 0.29) is 0 Å². The highest BCUT2D eigenvalue weighted by molar-refractivity contribution is 5.19. The molecule has 0 saturated carbocycles. The number of aromatic amines is 1. The Morgan fingerprint density at radius 1 is 1.11 bits per heavy atom. The molecule has 1 N–H and O–H groups in total. The molecule has 27 heavy (non-hydrogen) atoms. The zero-order valence-electron chi connectivity index (χ0n) is 16.1. The van der Waals surface area contributed by atoms with Crippen LogP contribution in [0.2, 0.25) is 0 Å². The highest BCUT2D eigenvalue weighted by Gasteiger charge is 2.18. The van der Waals surface area contributed by atoms with Crippen LogP contribution in [0.5, 0.6) is 0 Å². The van der Waals surface area contributed by atoms with Gasteiger partial charge in [0.05, 0.1) is 6.54 Å². The summed E-state index contributed by atoms with van der Waals surface area (Å²) in [5.74, 6) is 3.15. The van der Waals surface area contributed by atoms with Crippen molar-refractivity contribution in [3.05, 3.63) is 65.3 Å². The Hall–Kier alpha value is -2.47. The number of rotatable bonds is 7. The van der Waals surface area contributed by atoms with Crippen LogP contribution in [-0.2, 0) is 32.4 Å². The second-order valence-electron chi connectivity index (χ2n) is 7.31. The molecule has 0 bridgehead atoms. The first-order chi connectivity index (χ1) is 13.3. The monoisotopic (exact) mass is 364 g/mol. The predicted octanol–water partition coefficient (Wildman–Crippen LogP) is 2.99. The van der Waals surface area contributed by atoms with Crippen LogP contribution < -0.4 is 0 Å². The molecule has 1 aliphatic rings. The topological polar surface area (TPSA) is 62.6 Å². The fourth-order valence-electron chi connectivity index (χ4n) is 3.61. The molecule has 0 unspecified atom stereocenters. The molecule has 4 rings (SSSR count). The fourth-order valence-corrected chi connectivity index (χ4v) is 3.61. The Kier molecular flexibility index (Phi) is 5.63. The lowest BCUT2D eigenvalue weighted by Crippen LogP contribution is -2.26. The third-order valence-electron chi connectivity index (χ3n) is 5.12. The van der Waals surface area contributed by atoms with Crippen molar-refractivity contribution in [1.29, 1.82) is 0 Å². The summed E-state index contributed by atoms with van der Waals surface area (Å²) in [4.78, 5) is 15.2. The number of hydrogen-bond donors (Lipinski definition) is 1. The van der Waals surface area contributed by atoms with E-state index in [0.29, 0.717) is 0 Å². The van der Waals surface area contributed by atoms with Crippen molar-refractivity contribution in [1.82, 2.24) is 29.6 Å². The van der Waals surface area contributed by atoms with Gasteiger partial charge in [-0.2, -0.15) is 5.10 Å². The Balaban J connectivity index is 1.34. The molecule has 0 radical (unpaired) electrons. The standard InChI is InChI=1S/C21H28N6/c1-2-3-9-19-22-15-18(23-19)16-26-11-10-21-24-20(25-27(21)13-12-26)14-17-7-5-4-6-8-17/h4-8,15H,2-3,9-14,16H2,1H3,(H,22,23). The van der Waals surface area contributed by atoms with Gasteiger partial charge in [0.15, 0.2) is 5.82 Å². The van der Waals surface area contributed by atoms with Crippen LogP contribution in [-0.4, -0.2) is 42.7 Å². The molecule has 0 spiro atoms. The Labute approximate surface area is 160 Å². The summed E-state index contributed by atoms with van der Waals surface area (Å²) in [5, 5.41) is 4.74. The van der Waals surface area contributed by atoms with Gasteiger partial charge in [-0.15, -0.1) is 0 Å². The number of nitrogens with zero attached hydrogens (tertiary/aromatic N) is 5. The highest BCUT2D eigenvalue weighted by Crippen LogP contribution is 2.13. The Morgan fingerprint density at radius 2 is 2.00 bits per heavy atom.